The second-order valence-corrected chi connectivity index (χ2v) is 4.61. The molecule has 2 rings (SSSR count). The summed E-state index contributed by atoms with van der Waals surface area (Å²) in [5.41, 5.74) is 6.66. The Balaban J connectivity index is 2.42. The van der Waals surface area contributed by atoms with E-state index in [0.29, 0.717) is 11.4 Å². The second kappa shape index (κ2) is 3.49. The molecule has 0 saturated heterocycles. The van der Waals surface area contributed by atoms with Crippen LogP contribution in [-0.4, -0.2) is 11.5 Å². The molecule has 0 aromatic heterocycles. The largest absolute Gasteiger partial charge is 0.476 e. The van der Waals surface area contributed by atoms with Crippen LogP contribution in [0.1, 0.15) is 32.4 Å². The van der Waals surface area contributed by atoms with Crippen LogP contribution in [-0.2, 0) is 4.79 Å². The van der Waals surface area contributed by atoms with Gasteiger partial charge in [-0.25, -0.2) is 0 Å². The minimum Gasteiger partial charge on any atom is -0.476 e. The van der Waals surface area contributed by atoms with Gasteiger partial charge in [-0.2, -0.15) is 0 Å². The van der Waals surface area contributed by atoms with Crippen LogP contribution in [0.25, 0.3) is 0 Å². The highest BCUT2D eigenvalue weighted by molar-refractivity contribution is 6.00. The zero-order valence-electron chi connectivity index (χ0n) is 9.70. The van der Waals surface area contributed by atoms with Crippen LogP contribution in [0.5, 0.6) is 5.75 Å². The first-order valence-corrected chi connectivity index (χ1v) is 5.30. The molecule has 1 unspecified atom stereocenters. The van der Waals surface area contributed by atoms with Gasteiger partial charge in [0.2, 0.25) is 0 Å². The lowest BCUT2D eigenvalue weighted by atomic mass is 10.0. The third-order valence-electron chi connectivity index (χ3n) is 2.69. The Morgan fingerprint density at radius 2 is 2.12 bits per heavy atom. The molecule has 0 saturated carbocycles. The molecule has 0 fully saturated rings. The molecular formula is C12H16N2O2. The van der Waals surface area contributed by atoms with Gasteiger partial charge in [0.25, 0.3) is 5.91 Å². The molecule has 1 aliphatic rings. The van der Waals surface area contributed by atoms with Crippen molar-refractivity contribution in [1.29, 1.82) is 0 Å². The molecule has 1 aliphatic heterocycles. The standard InChI is InChI=1S/C12H16N2O2/c1-7(13)8-4-5-9-10(6-8)16-12(2,3)11(15)14-9/h4-7H,13H2,1-3H3,(H,14,15). The van der Waals surface area contributed by atoms with E-state index in [1.54, 1.807) is 13.8 Å². The third-order valence-corrected chi connectivity index (χ3v) is 2.69. The maximum Gasteiger partial charge on any atom is 0.268 e. The first kappa shape index (κ1) is 11.0. The quantitative estimate of drug-likeness (QED) is 0.758. The van der Waals surface area contributed by atoms with Gasteiger partial charge in [-0.05, 0) is 38.5 Å². The molecular weight excluding hydrogens is 204 g/mol. The molecule has 0 aliphatic carbocycles. The summed E-state index contributed by atoms with van der Waals surface area (Å²) in [7, 11) is 0. The second-order valence-electron chi connectivity index (χ2n) is 4.61. The number of benzene rings is 1. The summed E-state index contributed by atoms with van der Waals surface area (Å²) in [6.45, 7) is 5.39. The molecule has 4 heteroatoms. The first-order valence-electron chi connectivity index (χ1n) is 5.30. The maximum absolute atomic E-state index is 11.6. The third kappa shape index (κ3) is 1.76. The van der Waals surface area contributed by atoms with Gasteiger partial charge < -0.3 is 15.8 Å². The number of nitrogens with two attached hydrogens (primary N) is 1. The van der Waals surface area contributed by atoms with Gasteiger partial charge in [0.1, 0.15) is 5.75 Å². The molecule has 1 aromatic rings. The number of ether oxygens (including phenoxy) is 1. The molecule has 0 spiro atoms. The highest BCUT2D eigenvalue weighted by atomic mass is 16.5. The fourth-order valence-corrected chi connectivity index (χ4v) is 1.60. The fourth-order valence-electron chi connectivity index (χ4n) is 1.60. The van der Waals surface area contributed by atoms with Crippen molar-refractivity contribution in [2.75, 3.05) is 5.32 Å². The van der Waals surface area contributed by atoms with Gasteiger partial charge in [-0.3, -0.25) is 4.79 Å². The first-order chi connectivity index (χ1) is 7.40. The smallest absolute Gasteiger partial charge is 0.268 e. The van der Waals surface area contributed by atoms with Crippen molar-refractivity contribution >= 4 is 11.6 Å². The highest BCUT2D eigenvalue weighted by Crippen LogP contribution is 2.35. The number of carbonyl (C=O) groups is 1. The molecule has 1 heterocycles. The van der Waals surface area contributed by atoms with Crippen LogP contribution in [0.4, 0.5) is 5.69 Å². The van der Waals surface area contributed by atoms with Gasteiger partial charge >= 0.3 is 0 Å². The highest BCUT2D eigenvalue weighted by Gasteiger charge is 2.35. The van der Waals surface area contributed by atoms with Crippen LogP contribution >= 0.6 is 0 Å². The number of amides is 1. The van der Waals surface area contributed by atoms with Gasteiger partial charge in [0.15, 0.2) is 5.60 Å². The number of hydrogen-bond donors (Lipinski definition) is 2. The zero-order valence-corrected chi connectivity index (χ0v) is 9.70. The summed E-state index contributed by atoms with van der Waals surface area (Å²) in [6.07, 6.45) is 0. The molecule has 1 atom stereocenters. The molecule has 0 radical (unpaired) electrons. The van der Waals surface area contributed by atoms with Crippen molar-refractivity contribution in [3.05, 3.63) is 23.8 Å². The van der Waals surface area contributed by atoms with E-state index in [4.69, 9.17) is 10.5 Å². The minimum absolute atomic E-state index is 0.0466. The number of rotatable bonds is 1. The van der Waals surface area contributed by atoms with Crippen LogP contribution in [0.2, 0.25) is 0 Å². The van der Waals surface area contributed by atoms with E-state index in [1.165, 1.54) is 0 Å². The van der Waals surface area contributed by atoms with E-state index >= 15 is 0 Å². The number of hydrogen-bond acceptors (Lipinski definition) is 3. The van der Waals surface area contributed by atoms with Crippen LogP contribution in [0.3, 0.4) is 0 Å². The summed E-state index contributed by atoms with van der Waals surface area (Å²) in [6, 6.07) is 5.54. The Morgan fingerprint density at radius 1 is 1.44 bits per heavy atom. The van der Waals surface area contributed by atoms with Crippen LogP contribution in [0, 0.1) is 0 Å². The summed E-state index contributed by atoms with van der Waals surface area (Å²) < 4.78 is 5.65. The fraction of sp³-hybridized carbons (Fsp3) is 0.417. The summed E-state index contributed by atoms with van der Waals surface area (Å²) in [4.78, 5) is 11.6. The van der Waals surface area contributed by atoms with Crippen molar-refractivity contribution in [1.82, 2.24) is 0 Å². The number of fused-ring (bicyclic) bond motifs is 1. The Kier molecular flexibility index (Phi) is 2.39. The Hall–Kier alpha value is -1.55. The molecule has 86 valence electrons. The van der Waals surface area contributed by atoms with Crippen molar-refractivity contribution in [2.24, 2.45) is 5.73 Å². The molecule has 3 N–H and O–H groups in total. The normalized spacial score (nSPS) is 19.4. The predicted octanol–water partition coefficient (Wildman–Crippen LogP) is 1.82. The lowest BCUT2D eigenvalue weighted by Gasteiger charge is -2.32. The number of nitrogens with one attached hydrogen (secondary N) is 1. The molecule has 1 aromatic carbocycles. The lowest BCUT2D eigenvalue weighted by molar-refractivity contribution is -0.129. The van der Waals surface area contributed by atoms with Crippen molar-refractivity contribution in [3.8, 4) is 5.75 Å². The molecule has 1 amide bonds. The topological polar surface area (TPSA) is 64.3 Å². The van der Waals surface area contributed by atoms with E-state index in [0.717, 1.165) is 5.56 Å². The Morgan fingerprint density at radius 3 is 2.75 bits per heavy atom. The number of anilines is 1. The maximum atomic E-state index is 11.6. The molecule has 0 bridgehead atoms. The van der Waals surface area contributed by atoms with E-state index in [9.17, 15) is 4.79 Å². The summed E-state index contributed by atoms with van der Waals surface area (Å²) >= 11 is 0. The number of carbonyl (C=O) groups excluding carboxylic acids is 1. The van der Waals surface area contributed by atoms with E-state index < -0.39 is 5.60 Å². The predicted molar refractivity (Wildman–Crippen MR) is 62.4 cm³/mol. The lowest BCUT2D eigenvalue weighted by Crippen LogP contribution is -2.45. The van der Waals surface area contributed by atoms with E-state index in [1.807, 2.05) is 25.1 Å². The van der Waals surface area contributed by atoms with Crippen molar-refractivity contribution in [2.45, 2.75) is 32.4 Å². The van der Waals surface area contributed by atoms with Crippen LogP contribution < -0.4 is 15.8 Å². The van der Waals surface area contributed by atoms with Crippen molar-refractivity contribution in [3.63, 3.8) is 0 Å². The average molecular weight is 220 g/mol. The van der Waals surface area contributed by atoms with Crippen molar-refractivity contribution < 1.29 is 9.53 Å². The SMILES string of the molecule is CC(N)c1ccc2c(c1)OC(C)(C)C(=O)N2. The Bertz CT molecular complexity index is 439. The summed E-state index contributed by atoms with van der Waals surface area (Å²) in [5.74, 6) is 0.549. The average Bonchev–Trinajstić information content (AvgIpc) is 2.18. The molecule has 16 heavy (non-hydrogen) atoms. The monoisotopic (exact) mass is 220 g/mol. The zero-order chi connectivity index (χ0) is 11.9. The van der Waals surface area contributed by atoms with E-state index in [2.05, 4.69) is 5.32 Å². The van der Waals surface area contributed by atoms with Crippen LogP contribution in [0.15, 0.2) is 18.2 Å². The van der Waals surface area contributed by atoms with Gasteiger partial charge in [0.05, 0.1) is 5.69 Å². The van der Waals surface area contributed by atoms with Gasteiger partial charge in [-0.15, -0.1) is 0 Å². The summed E-state index contributed by atoms with van der Waals surface area (Å²) in [5, 5.41) is 2.81. The minimum atomic E-state index is -0.830. The van der Waals surface area contributed by atoms with Gasteiger partial charge in [0, 0.05) is 6.04 Å². The molecule has 4 nitrogen and oxygen atoms in total. The van der Waals surface area contributed by atoms with Gasteiger partial charge in [-0.1, -0.05) is 6.07 Å². The van der Waals surface area contributed by atoms with E-state index in [-0.39, 0.29) is 11.9 Å². The Labute approximate surface area is 94.8 Å².